The zero-order chi connectivity index (χ0) is 12.7. The van der Waals surface area contributed by atoms with Crippen molar-refractivity contribution in [1.29, 1.82) is 0 Å². The van der Waals surface area contributed by atoms with Gasteiger partial charge in [0.05, 0.1) is 12.6 Å². The molecule has 0 radical (unpaired) electrons. The van der Waals surface area contributed by atoms with E-state index >= 15 is 0 Å². The van der Waals surface area contributed by atoms with Gasteiger partial charge < -0.3 is 9.47 Å². The smallest absolute Gasteiger partial charge is 0.134 e. The van der Waals surface area contributed by atoms with E-state index in [4.69, 9.17) is 9.47 Å². The largest absolute Gasteiger partial charge is 0.497 e. The van der Waals surface area contributed by atoms with Crippen LogP contribution in [0.2, 0.25) is 0 Å². The lowest BCUT2D eigenvalue weighted by Gasteiger charge is -2.09. The van der Waals surface area contributed by atoms with Gasteiger partial charge in [0.1, 0.15) is 17.6 Å². The standard InChI is InChI=1S/C14H14BrNO2/c1-8-11-6-10(7-15)18-14(11)12-5-9(17-2)3-4-13(12)16-8/h3-5,10H,6-7H2,1-2H3/t10-/m0/s1. The van der Waals surface area contributed by atoms with Gasteiger partial charge in [-0.15, -0.1) is 0 Å². The summed E-state index contributed by atoms with van der Waals surface area (Å²) in [7, 11) is 1.67. The van der Waals surface area contributed by atoms with Crippen LogP contribution in [0.3, 0.4) is 0 Å². The number of hydrogen-bond acceptors (Lipinski definition) is 3. The van der Waals surface area contributed by atoms with Gasteiger partial charge in [0.25, 0.3) is 0 Å². The molecule has 0 saturated heterocycles. The van der Waals surface area contributed by atoms with Crippen molar-refractivity contribution in [1.82, 2.24) is 4.98 Å². The summed E-state index contributed by atoms with van der Waals surface area (Å²) in [6.45, 7) is 2.04. The molecule has 3 rings (SSSR count). The Kier molecular flexibility index (Phi) is 2.90. The van der Waals surface area contributed by atoms with E-state index in [2.05, 4.69) is 20.9 Å². The van der Waals surface area contributed by atoms with E-state index in [1.807, 2.05) is 25.1 Å². The highest BCUT2D eigenvalue weighted by Gasteiger charge is 2.26. The first-order valence-corrected chi connectivity index (χ1v) is 7.05. The Morgan fingerprint density at radius 2 is 2.33 bits per heavy atom. The van der Waals surface area contributed by atoms with Crippen molar-refractivity contribution in [3.05, 3.63) is 29.5 Å². The first-order valence-electron chi connectivity index (χ1n) is 5.92. The Balaban J connectivity index is 2.24. The molecule has 0 N–H and O–H groups in total. The Morgan fingerprint density at radius 1 is 1.50 bits per heavy atom. The summed E-state index contributed by atoms with van der Waals surface area (Å²) in [4.78, 5) is 4.64. The normalized spacial score (nSPS) is 17.6. The third-order valence-electron chi connectivity index (χ3n) is 3.34. The highest BCUT2D eigenvalue weighted by atomic mass is 79.9. The second-order valence-corrected chi connectivity index (χ2v) is 5.13. The summed E-state index contributed by atoms with van der Waals surface area (Å²) in [6.07, 6.45) is 1.13. The van der Waals surface area contributed by atoms with Gasteiger partial charge in [0.2, 0.25) is 0 Å². The predicted octanol–water partition coefficient (Wildman–Crippen LogP) is 3.25. The van der Waals surface area contributed by atoms with Crippen molar-refractivity contribution < 1.29 is 9.47 Å². The van der Waals surface area contributed by atoms with Gasteiger partial charge in [0, 0.05) is 28.4 Å². The number of nitrogens with zero attached hydrogens (tertiary/aromatic N) is 1. The van der Waals surface area contributed by atoms with Crippen molar-refractivity contribution in [2.24, 2.45) is 0 Å². The van der Waals surface area contributed by atoms with Crippen molar-refractivity contribution in [3.63, 3.8) is 0 Å². The maximum absolute atomic E-state index is 6.01. The fourth-order valence-corrected chi connectivity index (χ4v) is 2.75. The van der Waals surface area contributed by atoms with Crippen molar-refractivity contribution in [2.45, 2.75) is 19.4 Å². The average molecular weight is 308 g/mol. The van der Waals surface area contributed by atoms with Crippen LogP contribution in [0.15, 0.2) is 18.2 Å². The molecule has 0 amide bonds. The minimum Gasteiger partial charge on any atom is -0.497 e. The second-order valence-electron chi connectivity index (χ2n) is 4.49. The molecule has 0 bridgehead atoms. The number of rotatable bonds is 2. The molecular formula is C14H14BrNO2. The number of aromatic nitrogens is 1. The molecule has 3 nitrogen and oxygen atoms in total. The van der Waals surface area contributed by atoms with E-state index in [1.54, 1.807) is 7.11 Å². The molecule has 18 heavy (non-hydrogen) atoms. The molecular weight excluding hydrogens is 294 g/mol. The summed E-state index contributed by atoms with van der Waals surface area (Å²) in [5.74, 6) is 1.81. The number of hydrogen-bond donors (Lipinski definition) is 0. The lowest BCUT2D eigenvalue weighted by atomic mass is 10.1. The molecule has 0 saturated carbocycles. The highest BCUT2D eigenvalue weighted by Crippen LogP contribution is 2.38. The van der Waals surface area contributed by atoms with Gasteiger partial charge in [-0.3, -0.25) is 4.98 Å². The van der Waals surface area contributed by atoms with E-state index in [0.29, 0.717) is 0 Å². The third kappa shape index (κ3) is 1.75. The van der Waals surface area contributed by atoms with E-state index in [-0.39, 0.29) is 6.10 Å². The first-order chi connectivity index (χ1) is 8.72. The van der Waals surface area contributed by atoms with E-state index in [9.17, 15) is 0 Å². The Labute approximate surface area is 114 Å². The average Bonchev–Trinajstić information content (AvgIpc) is 2.83. The SMILES string of the molecule is COc1ccc2nc(C)c3c(c2c1)O[C@H](CBr)C3. The van der Waals surface area contributed by atoms with Crippen LogP contribution in [-0.2, 0) is 6.42 Å². The fourth-order valence-electron chi connectivity index (χ4n) is 2.39. The summed E-state index contributed by atoms with van der Waals surface area (Å²) >= 11 is 3.48. The van der Waals surface area contributed by atoms with E-state index in [1.165, 1.54) is 5.56 Å². The second kappa shape index (κ2) is 4.43. The molecule has 0 aliphatic carbocycles. The van der Waals surface area contributed by atoms with E-state index < -0.39 is 0 Å². The molecule has 2 aromatic rings. The number of aryl methyl sites for hydroxylation is 1. The maximum atomic E-state index is 6.01. The van der Waals surface area contributed by atoms with Crippen molar-refractivity contribution in [3.8, 4) is 11.5 Å². The molecule has 1 aromatic heterocycles. The number of methoxy groups -OCH3 is 1. The van der Waals surface area contributed by atoms with Gasteiger partial charge in [-0.2, -0.15) is 0 Å². The zero-order valence-corrected chi connectivity index (χ0v) is 12.0. The number of benzene rings is 1. The highest BCUT2D eigenvalue weighted by molar-refractivity contribution is 9.09. The molecule has 1 aliphatic heterocycles. The molecule has 1 aromatic carbocycles. The minimum absolute atomic E-state index is 0.206. The molecule has 1 atom stereocenters. The summed E-state index contributed by atoms with van der Waals surface area (Å²) in [5, 5.41) is 1.88. The number of pyridine rings is 1. The van der Waals surface area contributed by atoms with Gasteiger partial charge >= 0.3 is 0 Å². The van der Waals surface area contributed by atoms with Crippen LogP contribution in [-0.4, -0.2) is 23.5 Å². The first kappa shape index (κ1) is 11.8. The monoisotopic (exact) mass is 307 g/mol. The molecule has 94 valence electrons. The van der Waals surface area contributed by atoms with Gasteiger partial charge in [-0.25, -0.2) is 0 Å². The van der Waals surface area contributed by atoms with Gasteiger partial charge in [-0.1, -0.05) is 15.9 Å². The number of halogens is 1. The summed E-state index contributed by atoms with van der Waals surface area (Å²) < 4.78 is 11.3. The Bertz CT molecular complexity index is 612. The quantitative estimate of drug-likeness (QED) is 0.798. The lowest BCUT2D eigenvalue weighted by molar-refractivity contribution is 0.263. The summed E-state index contributed by atoms with van der Waals surface area (Å²) in [5.41, 5.74) is 3.24. The third-order valence-corrected chi connectivity index (χ3v) is 4.06. The molecule has 0 unspecified atom stereocenters. The van der Waals surface area contributed by atoms with Crippen LogP contribution in [0, 0.1) is 6.92 Å². The molecule has 1 aliphatic rings. The van der Waals surface area contributed by atoms with Crippen molar-refractivity contribution in [2.75, 3.05) is 12.4 Å². The van der Waals surface area contributed by atoms with Crippen LogP contribution < -0.4 is 9.47 Å². The van der Waals surface area contributed by atoms with Crippen LogP contribution in [0.4, 0.5) is 0 Å². The fraction of sp³-hybridized carbons (Fsp3) is 0.357. The van der Waals surface area contributed by atoms with Gasteiger partial charge in [-0.05, 0) is 25.1 Å². The lowest BCUT2D eigenvalue weighted by Crippen LogP contribution is -2.13. The van der Waals surface area contributed by atoms with Gasteiger partial charge in [0.15, 0.2) is 0 Å². The predicted molar refractivity (Wildman–Crippen MR) is 74.9 cm³/mol. The van der Waals surface area contributed by atoms with Crippen LogP contribution >= 0.6 is 15.9 Å². The van der Waals surface area contributed by atoms with Crippen LogP contribution in [0.5, 0.6) is 11.5 Å². The zero-order valence-electron chi connectivity index (χ0n) is 10.4. The topological polar surface area (TPSA) is 31.4 Å². The Morgan fingerprint density at radius 3 is 3.06 bits per heavy atom. The number of fused-ring (bicyclic) bond motifs is 3. The molecule has 2 heterocycles. The van der Waals surface area contributed by atoms with E-state index in [0.717, 1.165) is 39.8 Å². The Hall–Kier alpha value is -1.29. The number of ether oxygens (including phenoxy) is 2. The number of alkyl halides is 1. The van der Waals surface area contributed by atoms with Crippen LogP contribution in [0.25, 0.3) is 10.9 Å². The van der Waals surface area contributed by atoms with Crippen LogP contribution in [0.1, 0.15) is 11.3 Å². The molecule has 0 spiro atoms. The molecule has 4 heteroatoms. The minimum atomic E-state index is 0.206. The van der Waals surface area contributed by atoms with Crippen molar-refractivity contribution >= 4 is 26.8 Å². The maximum Gasteiger partial charge on any atom is 0.134 e. The molecule has 0 fully saturated rings. The summed E-state index contributed by atoms with van der Waals surface area (Å²) in [6, 6.07) is 5.90.